The van der Waals surface area contributed by atoms with Gasteiger partial charge >= 0.3 is 11.6 Å². The van der Waals surface area contributed by atoms with Crippen LogP contribution in [0.4, 0.5) is 11.6 Å². The van der Waals surface area contributed by atoms with Gasteiger partial charge in [-0.2, -0.15) is 4.98 Å². The lowest BCUT2D eigenvalue weighted by molar-refractivity contribution is -0.386. The van der Waals surface area contributed by atoms with Crippen molar-refractivity contribution >= 4 is 11.6 Å². The molecular formula is C11H10N4O3. The first-order valence-corrected chi connectivity index (χ1v) is 5.07. The normalized spacial score (nSPS) is 10.1. The van der Waals surface area contributed by atoms with Gasteiger partial charge < -0.3 is 10.5 Å². The molecule has 2 rings (SSSR count). The number of benzene rings is 1. The molecule has 0 aliphatic carbocycles. The summed E-state index contributed by atoms with van der Waals surface area (Å²) in [5, 5.41) is 10.8. The summed E-state index contributed by atoms with van der Waals surface area (Å²) in [5.74, 6) is 0.206. The molecule has 1 aromatic heterocycles. The van der Waals surface area contributed by atoms with Crippen LogP contribution in [0.3, 0.4) is 0 Å². The first kappa shape index (κ1) is 11.8. The number of nitrogens with two attached hydrogens (primary N) is 1. The molecule has 0 saturated heterocycles. The standard InChI is InChI=1S/C11H10N4O3/c1-7-3-2-4-8(5-7)18-10-9(15(16)17)6-13-11(12)14-10/h2-6H,1H3,(H2,12,13,14). The Labute approximate surface area is 102 Å². The molecule has 0 spiro atoms. The number of anilines is 1. The fraction of sp³-hybridized carbons (Fsp3) is 0.0909. The van der Waals surface area contributed by atoms with Gasteiger partial charge in [-0.3, -0.25) is 10.1 Å². The lowest BCUT2D eigenvalue weighted by atomic mass is 10.2. The van der Waals surface area contributed by atoms with Gasteiger partial charge in [0.05, 0.1) is 4.92 Å². The van der Waals surface area contributed by atoms with Crippen LogP contribution in [0.5, 0.6) is 11.6 Å². The van der Waals surface area contributed by atoms with Gasteiger partial charge in [-0.25, -0.2) is 4.98 Å². The van der Waals surface area contributed by atoms with Gasteiger partial charge in [-0.15, -0.1) is 0 Å². The molecule has 1 heterocycles. The van der Waals surface area contributed by atoms with Crippen molar-refractivity contribution in [3.05, 3.63) is 46.1 Å². The zero-order valence-electron chi connectivity index (χ0n) is 9.53. The van der Waals surface area contributed by atoms with E-state index in [0.717, 1.165) is 11.8 Å². The first-order valence-electron chi connectivity index (χ1n) is 5.07. The Morgan fingerprint density at radius 1 is 1.44 bits per heavy atom. The van der Waals surface area contributed by atoms with E-state index in [1.165, 1.54) is 0 Å². The van der Waals surface area contributed by atoms with Crippen molar-refractivity contribution in [2.24, 2.45) is 0 Å². The topological polar surface area (TPSA) is 104 Å². The Morgan fingerprint density at radius 3 is 2.89 bits per heavy atom. The lowest BCUT2D eigenvalue weighted by Crippen LogP contribution is -2.01. The van der Waals surface area contributed by atoms with Gasteiger partial charge in [0.25, 0.3) is 0 Å². The van der Waals surface area contributed by atoms with Crippen LogP contribution in [0.15, 0.2) is 30.5 Å². The Bertz CT molecular complexity index is 601. The third kappa shape index (κ3) is 2.51. The first-order chi connectivity index (χ1) is 8.56. The molecule has 0 aliphatic rings. The summed E-state index contributed by atoms with van der Waals surface area (Å²) in [6, 6.07) is 7.08. The predicted octanol–water partition coefficient (Wildman–Crippen LogP) is 2.07. The highest BCUT2D eigenvalue weighted by atomic mass is 16.6. The Hall–Kier alpha value is -2.70. The number of ether oxygens (including phenoxy) is 1. The van der Waals surface area contributed by atoms with Crippen LogP contribution in [0, 0.1) is 17.0 Å². The summed E-state index contributed by atoms with van der Waals surface area (Å²) in [5.41, 5.74) is 6.03. The molecule has 2 N–H and O–H groups in total. The molecule has 0 saturated carbocycles. The molecule has 0 bridgehead atoms. The Kier molecular flexibility index (Phi) is 3.05. The minimum Gasteiger partial charge on any atom is -0.434 e. The summed E-state index contributed by atoms with van der Waals surface area (Å²) in [4.78, 5) is 17.5. The highest BCUT2D eigenvalue weighted by molar-refractivity contribution is 5.44. The number of hydrogen-bond donors (Lipinski definition) is 1. The van der Waals surface area contributed by atoms with Gasteiger partial charge in [0.1, 0.15) is 11.9 Å². The van der Waals surface area contributed by atoms with Crippen molar-refractivity contribution in [2.45, 2.75) is 6.92 Å². The van der Waals surface area contributed by atoms with Crippen molar-refractivity contribution in [3.63, 3.8) is 0 Å². The van der Waals surface area contributed by atoms with Crippen LogP contribution < -0.4 is 10.5 Å². The number of nitrogen functional groups attached to an aromatic ring is 1. The SMILES string of the molecule is Cc1cccc(Oc2nc(N)ncc2[N+](=O)[O-])c1. The van der Waals surface area contributed by atoms with E-state index in [2.05, 4.69) is 9.97 Å². The predicted molar refractivity (Wildman–Crippen MR) is 64.4 cm³/mol. The molecule has 0 atom stereocenters. The van der Waals surface area contributed by atoms with E-state index in [1.54, 1.807) is 18.2 Å². The number of nitrogens with zero attached hydrogens (tertiary/aromatic N) is 3. The van der Waals surface area contributed by atoms with Crippen LogP contribution in [-0.2, 0) is 0 Å². The second kappa shape index (κ2) is 4.66. The van der Waals surface area contributed by atoms with E-state index >= 15 is 0 Å². The van der Waals surface area contributed by atoms with Gasteiger partial charge in [-0.05, 0) is 24.6 Å². The quantitative estimate of drug-likeness (QED) is 0.656. The highest BCUT2D eigenvalue weighted by Gasteiger charge is 2.18. The molecular weight excluding hydrogens is 236 g/mol. The lowest BCUT2D eigenvalue weighted by Gasteiger charge is -2.05. The van der Waals surface area contributed by atoms with Crippen molar-refractivity contribution in [1.82, 2.24) is 9.97 Å². The second-order valence-corrected chi connectivity index (χ2v) is 3.59. The van der Waals surface area contributed by atoms with Gasteiger partial charge in [0, 0.05) is 0 Å². The molecule has 0 aliphatic heterocycles. The summed E-state index contributed by atoms with van der Waals surface area (Å²) in [6.07, 6.45) is 1.02. The molecule has 7 heteroatoms. The number of aromatic nitrogens is 2. The van der Waals surface area contributed by atoms with E-state index in [4.69, 9.17) is 10.5 Å². The molecule has 1 aromatic carbocycles. The van der Waals surface area contributed by atoms with Gasteiger partial charge in [-0.1, -0.05) is 12.1 Å². The smallest absolute Gasteiger partial charge is 0.349 e. The van der Waals surface area contributed by atoms with E-state index in [9.17, 15) is 10.1 Å². The maximum Gasteiger partial charge on any atom is 0.349 e. The largest absolute Gasteiger partial charge is 0.434 e. The zero-order chi connectivity index (χ0) is 13.1. The third-order valence-electron chi connectivity index (χ3n) is 2.16. The molecule has 92 valence electrons. The fourth-order valence-corrected chi connectivity index (χ4v) is 1.36. The molecule has 0 unspecified atom stereocenters. The molecule has 7 nitrogen and oxygen atoms in total. The van der Waals surface area contributed by atoms with E-state index in [1.807, 2.05) is 13.0 Å². The minimum atomic E-state index is -0.620. The number of rotatable bonds is 3. The van der Waals surface area contributed by atoms with Crippen molar-refractivity contribution in [1.29, 1.82) is 0 Å². The van der Waals surface area contributed by atoms with Crippen LogP contribution in [-0.4, -0.2) is 14.9 Å². The number of hydrogen-bond acceptors (Lipinski definition) is 6. The summed E-state index contributed by atoms with van der Waals surface area (Å²) in [7, 11) is 0. The van der Waals surface area contributed by atoms with Gasteiger partial charge in [0.2, 0.25) is 5.95 Å². The fourth-order valence-electron chi connectivity index (χ4n) is 1.36. The second-order valence-electron chi connectivity index (χ2n) is 3.59. The van der Waals surface area contributed by atoms with E-state index < -0.39 is 4.92 Å². The van der Waals surface area contributed by atoms with E-state index in [-0.39, 0.29) is 17.5 Å². The van der Waals surface area contributed by atoms with Gasteiger partial charge in [0.15, 0.2) is 0 Å². The molecule has 0 amide bonds. The minimum absolute atomic E-state index is 0.0803. The molecule has 0 fully saturated rings. The van der Waals surface area contributed by atoms with Crippen LogP contribution in [0.1, 0.15) is 5.56 Å². The summed E-state index contributed by atoms with van der Waals surface area (Å²) >= 11 is 0. The monoisotopic (exact) mass is 246 g/mol. The van der Waals surface area contributed by atoms with Crippen LogP contribution in [0.2, 0.25) is 0 Å². The summed E-state index contributed by atoms with van der Waals surface area (Å²) < 4.78 is 5.36. The molecule has 18 heavy (non-hydrogen) atoms. The van der Waals surface area contributed by atoms with E-state index in [0.29, 0.717) is 5.75 Å². The van der Waals surface area contributed by atoms with Crippen molar-refractivity contribution in [3.8, 4) is 11.6 Å². The van der Waals surface area contributed by atoms with Crippen molar-refractivity contribution in [2.75, 3.05) is 5.73 Å². The Morgan fingerprint density at radius 2 is 2.22 bits per heavy atom. The molecule has 0 radical (unpaired) electrons. The maximum atomic E-state index is 10.8. The highest BCUT2D eigenvalue weighted by Crippen LogP contribution is 2.29. The maximum absolute atomic E-state index is 10.8. The number of aryl methyl sites for hydroxylation is 1. The average molecular weight is 246 g/mol. The summed E-state index contributed by atoms with van der Waals surface area (Å²) in [6.45, 7) is 1.88. The third-order valence-corrected chi connectivity index (χ3v) is 2.16. The zero-order valence-corrected chi connectivity index (χ0v) is 9.53. The molecule has 2 aromatic rings. The Balaban J connectivity index is 2.39. The van der Waals surface area contributed by atoms with Crippen LogP contribution in [0.25, 0.3) is 0 Å². The van der Waals surface area contributed by atoms with Crippen molar-refractivity contribution < 1.29 is 9.66 Å². The average Bonchev–Trinajstić information content (AvgIpc) is 2.28. The number of nitro groups is 1. The van der Waals surface area contributed by atoms with Crippen LogP contribution >= 0.6 is 0 Å².